The van der Waals surface area contributed by atoms with Crippen LogP contribution in [0.3, 0.4) is 0 Å². The van der Waals surface area contributed by atoms with Crippen LogP contribution in [0.4, 0.5) is 0 Å². The average molecular weight is 342 g/mol. The van der Waals surface area contributed by atoms with Crippen molar-refractivity contribution in [1.82, 2.24) is 0 Å². The minimum atomic E-state index is -4.12. The van der Waals surface area contributed by atoms with Crippen LogP contribution in [0.25, 0.3) is 0 Å². The van der Waals surface area contributed by atoms with Crippen molar-refractivity contribution in [1.29, 1.82) is 0 Å². The van der Waals surface area contributed by atoms with Gasteiger partial charge in [-0.15, -0.1) is 0 Å². The fraction of sp³-hybridized carbons (Fsp3) is 0.500. The first-order valence-corrected chi connectivity index (χ1v) is 8.07. The van der Waals surface area contributed by atoms with E-state index in [1.54, 1.807) is 32.0 Å². The van der Waals surface area contributed by atoms with Crippen molar-refractivity contribution in [3.63, 3.8) is 0 Å². The second-order valence-electron chi connectivity index (χ2n) is 4.59. The van der Waals surface area contributed by atoms with E-state index in [1.807, 2.05) is 0 Å². The third-order valence-electron chi connectivity index (χ3n) is 2.74. The molecule has 2 N–H and O–H groups in total. The van der Waals surface area contributed by atoms with Gasteiger partial charge in [-0.05, 0) is 18.1 Å². The van der Waals surface area contributed by atoms with Gasteiger partial charge < -0.3 is 4.74 Å². The first-order chi connectivity index (χ1) is 9.17. The highest BCUT2D eigenvalue weighted by atomic mass is 35.5. The molecule has 5 nitrogen and oxygen atoms in total. The van der Waals surface area contributed by atoms with Crippen LogP contribution in [0.1, 0.15) is 25.5 Å². The molecule has 1 aromatic rings. The fourth-order valence-corrected chi connectivity index (χ4v) is 3.11. The molecule has 0 aliphatic carbocycles. The van der Waals surface area contributed by atoms with E-state index in [4.69, 9.17) is 37.3 Å². The van der Waals surface area contributed by atoms with Gasteiger partial charge in [-0.2, -0.15) is 8.42 Å². The van der Waals surface area contributed by atoms with Crippen molar-refractivity contribution in [3.8, 4) is 0 Å². The Bertz CT molecular complexity index is 542. The zero-order valence-electron chi connectivity index (χ0n) is 11.3. The van der Waals surface area contributed by atoms with Crippen LogP contribution in [0.2, 0.25) is 10.0 Å². The summed E-state index contributed by atoms with van der Waals surface area (Å²) in [4.78, 5) is 0. The van der Waals surface area contributed by atoms with Gasteiger partial charge in [0.15, 0.2) is 0 Å². The van der Waals surface area contributed by atoms with Crippen molar-refractivity contribution in [3.05, 3.63) is 33.8 Å². The molecule has 0 spiro atoms. The molecule has 0 unspecified atom stereocenters. The van der Waals surface area contributed by atoms with Gasteiger partial charge in [0.2, 0.25) is 0 Å². The van der Waals surface area contributed by atoms with E-state index in [0.717, 1.165) is 0 Å². The van der Waals surface area contributed by atoms with Crippen molar-refractivity contribution in [2.75, 3.05) is 7.11 Å². The summed E-state index contributed by atoms with van der Waals surface area (Å²) in [7, 11) is -2.70. The molecule has 0 amide bonds. The van der Waals surface area contributed by atoms with Crippen molar-refractivity contribution in [2.45, 2.75) is 26.1 Å². The van der Waals surface area contributed by atoms with E-state index in [2.05, 4.69) is 0 Å². The summed E-state index contributed by atoms with van der Waals surface area (Å²) in [6.07, 6.45) is -1.60. The summed E-state index contributed by atoms with van der Waals surface area (Å²) >= 11 is 12.2. The van der Waals surface area contributed by atoms with Crippen molar-refractivity contribution >= 4 is 33.5 Å². The molecule has 8 heteroatoms. The van der Waals surface area contributed by atoms with Crippen LogP contribution >= 0.6 is 23.2 Å². The molecule has 2 atom stereocenters. The second-order valence-corrected chi connectivity index (χ2v) is 6.58. The minimum absolute atomic E-state index is 0.189. The monoisotopic (exact) mass is 341 g/mol. The number of rotatable bonds is 6. The van der Waals surface area contributed by atoms with Crippen molar-refractivity contribution in [2.24, 2.45) is 11.1 Å². The predicted octanol–water partition coefficient (Wildman–Crippen LogP) is 2.93. The summed E-state index contributed by atoms with van der Waals surface area (Å²) in [5.74, 6) is -0.189. The molecule has 0 aliphatic rings. The van der Waals surface area contributed by atoms with Crippen LogP contribution < -0.4 is 5.14 Å². The van der Waals surface area contributed by atoms with E-state index < -0.39 is 22.5 Å². The Balaban J connectivity index is 3.27. The van der Waals surface area contributed by atoms with Gasteiger partial charge in [0.25, 0.3) is 0 Å². The number of ether oxygens (including phenoxy) is 1. The maximum Gasteiger partial charge on any atom is 0.333 e. The maximum atomic E-state index is 11.2. The molecule has 1 aromatic carbocycles. The third kappa shape index (κ3) is 4.58. The molecule has 0 saturated carbocycles. The van der Waals surface area contributed by atoms with E-state index in [9.17, 15) is 8.42 Å². The quantitative estimate of drug-likeness (QED) is 0.862. The summed E-state index contributed by atoms with van der Waals surface area (Å²) in [5, 5.41) is 5.69. The Morgan fingerprint density at radius 1 is 1.20 bits per heavy atom. The zero-order chi connectivity index (χ0) is 15.5. The van der Waals surface area contributed by atoms with Gasteiger partial charge in [0.1, 0.15) is 12.2 Å². The Hall–Kier alpha value is -0.370. The summed E-state index contributed by atoms with van der Waals surface area (Å²) in [6.45, 7) is 3.57. The predicted molar refractivity (Wildman–Crippen MR) is 79.0 cm³/mol. The SMILES string of the molecule is CO[C@@H](c1c(Cl)cccc1Cl)[C@@H](OS(N)(=O)=O)C(C)C. The number of methoxy groups -OCH3 is 1. The van der Waals surface area contributed by atoms with E-state index in [0.29, 0.717) is 15.6 Å². The molecule has 0 fully saturated rings. The summed E-state index contributed by atoms with van der Waals surface area (Å²) in [6, 6.07) is 4.97. The van der Waals surface area contributed by atoms with Crippen LogP contribution in [0, 0.1) is 5.92 Å². The molecule has 0 bridgehead atoms. The van der Waals surface area contributed by atoms with Gasteiger partial charge in [-0.3, -0.25) is 4.18 Å². The van der Waals surface area contributed by atoms with Gasteiger partial charge in [-0.25, -0.2) is 5.14 Å². The molecule has 0 heterocycles. The summed E-state index contributed by atoms with van der Waals surface area (Å²) in [5.41, 5.74) is 0.473. The van der Waals surface area contributed by atoms with Crippen LogP contribution in [-0.2, 0) is 19.2 Å². The Morgan fingerprint density at radius 3 is 2.05 bits per heavy atom. The summed E-state index contributed by atoms with van der Waals surface area (Å²) < 4.78 is 32.7. The number of benzene rings is 1. The molecule has 0 saturated heterocycles. The Morgan fingerprint density at radius 2 is 1.70 bits per heavy atom. The van der Waals surface area contributed by atoms with Gasteiger partial charge >= 0.3 is 10.3 Å². The third-order valence-corrected chi connectivity index (χ3v) is 3.89. The fourth-order valence-electron chi connectivity index (χ4n) is 1.86. The largest absolute Gasteiger partial charge is 0.374 e. The standard InChI is InChI=1S/C12H17Cl2NO4S/c1-7(2)11(19-20(15,16)17)12(18-3)10-8(13)5-4-6-9(10)14/h4-7,11-12H,1-3H3,(H2,15,16,17)/t11-,12-/m0/s1. The smallest absolute Gasteiger partial charge is 0.333 e. The lowest BCUT2D eigenvalue weighted by Gasteiger charge is -2.29. The maximum absolute atomic E-state index is 11.2. The lowest BCUT2D eigenvalue weighted by molar-refractivity contribution is -0.0182. The highest BCUT2D eigenvalue weighted by Crippen LogP contribution is 2.37. The lowest BCUT2D eigenvalue weighted by Crippen LogP contribution is -2.34. The molecule has 0 radical (unpaired) electrons. The van der Waals surface area contributed by atoms with E-state index >= 15 is 0 Å². The van der Waals surface area contributed by atoms with Crippen LogP contribution in [0.15, 0.2) is 18.2 Å². The number of hydrogen-bond acceptors (Lipinski definition) is 4. The molecular formula is C12H17Cl2NO4S. The lowest BCUT2D eigenvalue weighted by atomic mass is 9.96. The molecule has 0 aliphatic heterocycles. The molecule has 1 rings (SSSR count). The zero-order valence-corrected chi connectivity index (χ0v) is 13.7. The van der Waals surface area contributed by atoms with Gasteiger partial charge in [0, 0.05) is 22.7 Å². The molecular weight excluding hydrogens is 325 g/mol. The molecule has 0 aromatic heterocycles. The normalized spacial score (nSPS) is 15.3. The first-order valence-electron chi connectivity index (χ1n) is 5.85. The molecule has 114 valence electrons. The topological polar surface area (TPSA) is 78.6 Å². The highest BCUT2D eigenvalue weighted by Gasteiger charge is 2.33. The second kappa shape index (κ2) is 7.06. The van der Waals surface area contributed by atoms with Crippen molar-refractivity contribution < 1.29 is 17.3 Å². The number of halogens is 2. The first kappa shape index (κ1) is 17.7. The van der Waals surface area contributed by atoms with E-state index in [1.165, 1.54) is 7.11 Å². The highest BCUT2D eigenvalue weighted by molar-refractivity contribution is 7.84. The molecule has 20 heavy (non-hydrogen) atoms. The minimum Gasteiger partial charge on any atom is -0.374 e. The number of nitrogens with two attached hydrogens (primary N) is 1. The Kier molecular flexibility index (Phi) is 6.25. The van der Waals surface area contributed by atoms with E-state index in [-0.39, 0.29) is 5.92 Å². The van der Waals surface area contributed by atoms with Crippen LogP contribution in [-0.4, -0.2) is 21.6 Å². The number of hydrogen-bond donors (Lipinski definition) is 1. The Labute approximate surface area is 129 Å². The van der Waals surface area contributed by atoms with Gasteiger partial charge in [0.05, 0.1) is 0 Å². The van der Waals surface area contributed by atoms with Crippen LogP contribution in [0.5, 0.6) is 0 Å². The average Bonchev–Trinajstić information content (AvgIpc) is 2.30. The van der Waals surface area contributed by atoms with Gasteiger partial charge in [-0.1, -0.05) is 43.1 Å².